The van der Waals surface area contributed by atoms with Crippen molar-refractivity contribution >= 4 is 6.03 Å². The summed E-state index contributed by atoms with van der Waals surface area (Å²) in [4.78, 5) is 13.4. The van der Waals surface area contributed by atoms with E-state index in [1.54, 1.807) is 0 Å². The van der Waals surface area contributed by atoms with Crippen molar-refractivity contribution in [2.75, 3.05) is 26.2 Å². The Morgan fingerprint density at radius 2 is 2.14 bits per heavy atom. The fraction of sp³-hybridized carbons (Fsp3) is 0.900. The van der Waals surface area contributed by atoms with Crippen LogP contribution in [0.1, 0.15) is 27.2 Å². The minimum absolute atomic E-state index is 0.0228. The van der Waals surface area contributed by atoms with Crippen molar-refractivity contribution in [3.05, 3.63) is 0 Å². The summed E-state index contributed by atoms with van der Waals surface area (Å²) in [5.41, 5.74) is 5.42. The third-order valence-electron chi connectivity index (χ3n) is 1.83. The molecular weight excluding hydrogens is 178 g/mol. The highest BCUT2D eigenvalue weighted by atomic mass is 16.2. The van der Waals surface area contributed by atoms with E-state index in [9.17, 15) is 4.79 Å². The monoisotopic (exact) mass is 201 g/mol. The number of rotatable bonds is 6. The highest BCUT2D eigenvalue weighted by Gasteiger charge is 2.12. The van der Waals surface area contributed by atoms with Gasteiger partial charge in [0.1, 0.15) is 0 Å². The number of urea groups is 1. The number of hydrogen-bond acceptors (Lipinski definition) is 2. The average Bonchev–Trinajstić information content (AvgIpc) is 2.12. The van der Waals surface area contributed by atoms with Crippen molar-refractivity contribution in [2.24, 2.45) is 11.7 Å². The lowest BCUT2D eigenvalue weighted by atomic mass is 10.2. The predicted molar refractivity (Wildman–Crippen MR) is 59.2 cm³/mol. The van der Waals surface area contributed by atoms with Crippen LogP contribution in [0.5, 0.6) is 0 Å². The molecule has 0 aromatic rings. The van der Waals surface area contributed by atoms with Crippen molar-refractivity contribution < 1.29 is 4.79 Å². The second-order valence-electron chi connectivity index (χ2n) is 3.82. The Morgan fingerprint density at radius 3 is 2.57 bits per heavy atom. The first-order valence-electron chi connectivity index (χ1n) is 5.34. The van der Waals surface area contributed by atoms with Crippen molar-refractivity contribution in [3.8, 4) is 0 Å². The Bertz CT molecular complexity index is 159. The zero-order valence-corrected chi connectivity index (χ0v) is 9.55. The van der Waals surface area contributed by atoms with Crippen LogP contribution < -0.4 is 11.1 Å². The lowest BCUT2D eigenvalue weighted by Gasteiger charge is -2.24. The zero-order chi connectivity index (χ0) is 11.0. The molecule has 3 N–H and O–H groups in total. The molecule has 0 aromatic heterocycles. The fourth-order valence-electron chi connectivity index (χ4n) is 1.26. The molecule has 0 unspecified atom stereocenters. The van der Waals surface area contributed by atoms with Crippen LogP contribution in [0.2, 0.25) is 0 Å². The smallest absolute Gasteiger partial charge is 0.317 e. The van der Waals surface area contributed by atoms with Gasteiger partial charge in [0.15, 0.2) is 0 Å². The predicted octanol–water partition coefficient (Wildman–Crippen LogP) is 1.02. The molecule has 0 rings (SSSR count). The molecule has 0 heterocycles. The molecule has 0 saturated carbocycles. The zero-order valence-electron chi connectivity index (χ0n) is 9.55. The topological polar surface area (TPSA) is 58.4 Å². The van der Waals surface area contributed by atoms with Gasteiger partial charge in [-0.2, -0.15) is 0 Å². The van der Waals surface area contributed by atoms with Crippen LogP contribution in [0.25, 0.3) is 0 Å². The first-order valence-corrected chi connectivity index (χ1v) is 5.34. The van der Waals surface area contributed by atoms with Gasteiger partial charge in [0, 0.05) is 19.6 Å². The number of hydrogen-bond donors (Lipinski definition) is 2. The van der Waals surface area contributed by atoms with Gasteiger partial charge < -0.3 is 16.0 Å². The van der Waals surface area contributed by atoms with Crippen molar-refractivity contribution in [2.45, 2.75) is 27.2 Å². The molecule has 0 bridgehead atoms. The van der Waals surface area contributed by atoms with Crippen LogP contribution in [0.15, 0.2) is 0 Å². The molecule has 0 radical (unpaired) electrons. The van der Waals surface area contributed by atoms with E-state index < -0.39 is 0 Å². The van der Waals surface area contributed by atoms with Crippen LogP contribution in [0, 0.1) is 5.92 Å². The molecule has 0 aromatic carbocycles. The summed E-state index contributed by atoms with van der Waals surface area (Å²) in [7, 11) is 0. The molecule has 0 saturated heterocycles. The molecule has 0 aliphatic heterocycles. The minimum atomic E-state index is 0.0228. The Kier molecular flexibility index (Phi) is 7.20. The summed E-state index contributed by atoms with van der Waals surface area (Å²) in [6, 6.07) is 0.0228. The number of carbonyl (C=O) groups is 1. The lowest BCUT2D eigenvalue weighted by Crippen LogP contribution is -2.42. The Morgan fingerprint density at radius 1 is 1.50 bits per heavy atom. The van der Waals surface area contributed by atoms with Crippen LogP contribution >= 0.6 is 0 Å². The van der Waals surface area contributed by atoms with Crippen LogP contribution in [0.3, 0.4) is 0 Å². The van der Waals surface area contributed by atoms with Gasteiger partial charge in [0.2, 0.25) is 0 Å². The standard InChI is InChI=1S/C10H23N3O/c1-4-12-10(14)13(7-5-6-11)8-9(2)3/h9H,4-8,11H2,1-3H3,(H,12,14). The van der Waals surface area contributed by atoms with Crippen LogP contribution in [-0.4, -0.2) is 37.1 Å². The molecule has 0 atom stereocenters. The first kappa shape index (κ1) is 13.2. The van der Waals surface area contributed by atoms with Gasteiger partial charge in [-0.1, -0.05) is 13.8 Å². The number of nitrogens with one attached hydrogen (secondary N) is 1. The number of amides is 2. The van der Waals surface area contributed by atoms with Gasteiger partial charge >= 0.3 is 6.03 Å². The van der Waals surface area contributed by atoms with Crippen molar-refractivity contribution in [1.29, 1.82) is 0 Å². The molecule has 14 heavy (non-hydrogen) atoms. The van der Waals surface area contributed by atoms with E-state index in [0.29, 0.717) is 19.0 Å². The maximum absolute atomic E-state index is 11.6. The molecule has 84 valence electrons. The Balaban J connectivity index is 4.01. The van der Waals surface area contributed by atoms with E-state index in [1.165, 1.54) is 0 Å². The summed E-state index contributed by atoms with van der Waals surface area (Å²) in [6.45, 7) is 8.99. The van der Waals surface area contributed by atoms with Gasteiger partial charge in [0.25, 0.3) is 0 Å². The number of nitrogens with zero attached hydrogens (tertiary/aromatic N) is 1. The molecule has 4 heteroatoms. The number of nitrogens with two attached hydrogens (primary N) is 1. The number of carbonyl (C=O) groups excluding carboxylic acids is 1. The van der Waals surface area contributed by atoms with Crippen LogP contribution in [0.4, 0.5) is 4.79 Å². The summed E-state index contributed by atoms with van der Waals surface area (Å²) in [6.07, 6.45) is 0.865. The fourth-order valence-corrected chi connectivity index (χ4v) is 1.26. The van der Waals surface area contributed by atoms with E-state index >= 15 is 0 Å². The normalized spacial score (nSPS) is 10.4. The summed E-state index contributed by atoms with van der Waals surface area (Å²) in [5, 5.41) is 2.81. The molecule has 2 amide bonds. The van der Waals surface area contributed by atoms with E-state index in [0.717, 1.165) is 19.5 Å². The van der Waals surface area contributed by atoms with Gasteiger partial charge in [-0.05, 0) is 25.8 Å². The average molecular weight is 201 g/mol. The highest BCUT2D eigenvalue weighted by Crippen LogP contribution is 2.00. The summed E-state index contributed by atoms with van der Waals surface area (Å²) in [5.74, 6) is 0.496. The highest BCUT2D eigenvalue weighted by molar-refractivity contribution is 5.74. The summed E-state index contributed by atoms with van der Waals surface area (Å²) < 4.78 is 0. The summed E-state index contributed by atoms with van der Waals surface area (Å²) >= 11 is 0. The van der Waals surface area contributed by atoms with Crippen molar-refractivity contribution in [1.82, 2.24) is 10.2 Å². The van der Waals surface area contributed by atoms with Gasteiger partial charge in [-0.3, -0.25) is 0 Å². The molecular formula is C10H23N3O. The Labute approximate surface area is 86.8 Å². The Hall–Kier alpha value is -0.770. The van der Waals surface area contributed by atoms with Gasteiger partial charge in [0.05, 0.1) is 0 Å². The quantitative estimate of drug-likeness (QED) is 0.674. The molecule has 0 aliphatic carbocycles. The second-order valence-corrected chi connectivity index (χ2v) is 3.82. The van der Waals surface area contributed by atoms with E-state index in [2.05, 4.69) is 19.2 Å². The van der Waals surface area contributed by atoms with Gasteiger partial charge in [-0.25, -0.2) is 4.79 Å². The molecule has 0 fully saturated rings. The van der Waals surface area contributed by atoms with E-state index in [4.69, 9.17) is 5.73 Å². The molecule has 0 spiro atoms. The van der Waals surface area contributed by atoms with Crippen LogP contribution in [-0.2, 0) is 0 Å². The van der Waals surface area contributed by atoms with Gasteiger partial charge in [-0.15, -0.1) is 0 Å². The largest absolute Gasteiger partial charge is 0.338 e. The lowest BCUT2D eigenvalue weighted by molar-refractivity contribution is 0.191. The maximum Gasteiger partial charge on any atom is 0.317 e. The first-order chi connectivity index (χ1) is 6.61. The minimum Gasteiger partial charge on any atom is -0.338 e. The second kappa shape index (κ2) is 7.62. The van der Waals surface area contributed by atoms with Crippen molar-refractivity contribution in [3.63, 3.8) is 0 Å². The molecule has 4 nitrogen and oxygen atoms in total. The third-order valence-corrected chi connectivity index (χ3v) is 1.83. The SMILES string of the molecule is CCNC(=O)N(CCCN)CC(C)C. The maximum atomic E-state index is 11.6. The van der Waals surface area contributed by atoms with E-state index in [1.807, 2.05) is 11.8 Å². The molecule has 0 aliphatic rings. The van der Waals surface area contributed by atoms with E-state index in [-0.39, 0.29) is 6.03 Å². The third kappa shape index (κ3) is 5.80.